The molecule has 15 heavy (non-hydrogen) atoms. The molecular weight excluding hydrogens is 196 g/mol. The maximum atomic E-state index is 10.9. The average Bonchev–Trinajstić information content (AvgIpc) is 2.73. The molecule has 0 aromatic rings. The van der Waals surface area contributed by atoms with E-state index in [1.807, 2.05) is 17.1 Å². The van der Waals surface area contributed by atoms with Crippen LogP contribution in [0.5, 0.6) is 0 Å². The van der Waals surface area contributed by atoms with Crippen molar-refractivity contribution >= 4 is 6.09 Å². The van der Waals surface area contributed by atoms with Crippen molar-refractivity contribution in [1.29, 1.82) is 0 Å². The largest absolute Gasteiger partial charge is 0.465 e. The topological polar surface area (TPSA) is 53.0 Å². The quantitative estimate of drug-likeness (QED) is 0.640. The van der Waals surface area contributed by atoms with Crippen LogP contribution >= 0.6 is 0 Å². The normalized spacial score (nSPS) is 34.3. The van der Waals surface area contributed by atoms with Crippen molar-refractivity contribution in [3.8, 4) is 0 Å². The molecular formula is C10H8N2O3. The van der Waals surface area contributed by atoms with Crippen LogP contribution in [0.25, 0.3) is 0 Å². The molecule has 1 N–H and O–H groups in total. The molecule has 76 valence electrons. The monoisotopic (exact) mass is 204 g/mol. The van der Waals surface area contributed by atoms with Crippen LogP contribution < -0.4 is 0 Å². The lowest BCUT2D eigenvalue weighted by Crippen LogP contribution is -2.56. The Morgan fingerprint density at radius 1 is 1.60 bits per heavy atom. The van der Waals surface area contributed by atoms with Gasteiger partial charge < -0.3 is 9.84 Å². The number of hydrogen-bond acceptors (Lipinski definition) is 3. The summed E-state index contributed by atoms with van der Waals surface area (Å²) in [6.07, 6.45) is 5.17. The number of carboxylic acid groups (broad SMARTS) is 1. The third-order valence-electron chi connectivity index (χ3n) is 3.17. The Kier molecular flexibility index (Phi) is 1.05. The van der Waals surface area contributed by atoms with Gasteiger partial charge in [-0.1, -0.05) is 12.2 Å². The molecule has 0 spiro atoms. The maximum Gasteiger partial charge on any atom is 0.413 e. The molecule has 2 bridgehead atoms. The molecule has 2 atom stereocenters. The highest BCUT2D eigenvalue weighted by molar-refractivity contribution is 5.69. The second-order valence-corrected chi connectivity index (χ2v) is 3.97. The number of nitrogens with zero attached hydrogens (tertiary/aromatic N) is 2. The Labute approximate surface area is 85.5 Å². The maximum absolute atomic E-state index is 10.9. The van der Waals surface area contributed by atoms with Crippen molar-refractivity contribution in [3.63, 3.8) is 0 Å². The zero-order chi connectivity index (χ0) is 10.2. The summed E-state index contributed by atoms with van der Waals surface area (Å²) < 4.78 is 5.46. The van der Waals surface area contributed by atoms with E-state index in [9.17, 15) is 4.79 Å². The Balaban J connectivity index is 1.81. The zero-order valence-corrected chi connectivity index (χ0v) is 7.75. The van der Waals surface area contributed by atoms with E-state index in [0.29, 0.717) is 0 Å². The van der Waals surface area contributed by atoms with Gasteiger partial charge in [-0.3, -0.25) is 4.90 Å². The molecule has 0 radical (unpaired) electrons. The summed E-state index contributed by atoms with van der Waals surface area (Å²) in [5.41, 5.74) is 3.43. The summed E-state index contributed by atoms with van der Waals surface area (Å²) >= 11 is 0. The van der Waals surface area contributed by atoms with Crippen LogP contribution in [0.2, 0.25) is 0 Å². The number of allylic oxidation sites excluding steroid dienone is 5. The van der Waals surface area contributed by atoms with Crippen LogP contribution in [0.1, 0.15) is 6.42 Å². The second kappa shape index (κ2) is 2.09. The standard InChI is InChI=1S/C10H8N2O3/c13-10(14)12-8-6-3-1-2-5-4-7(5)11(6)9(12)15-8/h1-3,8-9H,4H2,(H,13,14). The fraction of sp³-hybridized carbons (Fsp3) is 0.300. The van der Waals surface area contributed by atoms with Crippen molar-refractivity contribution in [1.82, 2.24) is 9.80 Å². The van der Waals surface area contributed by atoms with Gasteiger partial charge in [0.25, 0.3) is 0 Å². The van der Waals surface area contributed by atoms with Crippen molar-refractivity contribution in [2.24, 2.45) is 0 Å². The van der Waals surface area contributed by atoms with Crippen molar-refractivity contribution < 1.29 is 14.6 Å². The number of amides is 1. The van der Waals surface area contributed by atoms with Gasteiger partial charge in [-0.25, -0.2) is 9.69 Å². The van der Waals surface area contributed by atoms with Gasteiger partial charge in [-0.2, -0.15) is 0 Å². The number of carbonyl (C=O) groups is 1. The molecule has 5 heteroatoms. The summed E-state index contributed by atoms with van der Waals surface area (Å²) in [6.45, 7) is 0. The average molecular weight is 204 g/mol. The van der Waals surface area contributed by atoms with E-state index in [1.54, 1.807) is 0 Å². The van der Waals surface area contributed by atoms with Gasteiger partial charge in [0, 0.05) is 12.1 Å². The first-order valence-corrected chi connectivity index (χ1v) is 4.83. The number of rotatable bonds is 0. The van der Waals surface area contributed by atoms with E-state index in [2.05, 4.69) is 6.08 Å². The molecule has 4 aliphatic heterocycles. The van der Waals surface area contributed by atoms with Crippen LogP contribution in [-0.4, -0.2) is 33.6 Å². The molecule has 0 aromatic heterocycles. The van der Waals surface area contributed by atoms with Crippen molar-refractivity contribution in [2.75, 3.05) is 0 Å². The molecule has 1 amide bonds. The molecule has 4 heterocycles. The fourth-order valence-electron chi connectivity index (χ4n) is 2.39. The van der Waals surface area contributed by atoms with Crippen LogP contribution in [0.4, 0.5) is 4.79 Å². The van der Waals surface area contributed by atoms with Crippen LogP contribution in [0.3, 0.4) is 0 Å². The van der Waals surface area contributed by atoms with Crippen LogP contribution in [-0.2, 0) is 4.74 Å². The van der Waals surface area contributed by atoms with E-state index in [-0.39, 0.29) is 0 Å². The van der Waals surface area contributed by atoms with Crippen molar-refractivity contribution in [2.45, 2.75) is 19.0 Å². The highest BCUT2D eigenvalue weighted by atomic mass is 16.6. The lowest BCUT2D eigenvalue weighted by molar-refractivity contribution is -0.231. The van der Waals surface area contributed by atoms with Crippen LogP contribution in [0.15, 0.2) is 35.2 Å². The molecule has 1 aliphatic carbocycles. The van der Waals surface area contributed by atoms with E-state index >= 15 is 0 Å². The molecule has 0 saturated carbocycles. The Bertz CT molecular complexity index is 477. The van der Waals surface area contributed by atoms with Gasteiger partial charge in [0.15, 0.2) is 6.23 Å². The third kappa shape index (κ3) is 0.721. The Morgan fingerprint density at radius 3 is 3.27 bits per heavy atom. The van der Waals surface area contributed by atoms with E-state index in [4.69, 9.17) is 9.84 Å². The van der Waals surface area contributed by atoms with Gasteiger partial charge >= 0.3 is 6.09 Å². The first-order valence-electron chi connectivity index (χ1n) is 4.83. The van der Waals surface area contributed by atoms with Gasteiger partial charge in [0.1, 0.15) is 0 Å². The number of hydrogen-bond donors (Lipinski definition) is 1. The molecule has 5 rings (SSSR count). The Morgan fingerprint density at radius 2 is 2.47 bits per heavy atom. The fourth-order valence-corrected chi connectivity index (χ4v) is 2.39. The molecule has 3 saturated heterocycles. The molecule has 5 nitrogen and oxygen atoms in total. The highest BCUT2D eigenvalue weighted by Crippen LogP contribution is 2.51. The minimum Gasteiger partial charge on any atom is -0.465 e. The summed E-state index contributed by atoms with van der Waals surface area (Å²) in [5.74, 6) is 0. The van der Waals surface area contributed by atoms with Crippen LogP contribution in [0, 0.1) is 0 Å². The Hall–Kier alpha value is -1.75. The minimum absolute atomic E-state index is 0.399. The third-order valence-corrected chi connectivity index (χ3v) is 3.17. The first kappa shape index (κ1) is 7.53. The predicted molar refractivity (Wildman–Crippen MR) is 49.2 cm³/mol. The summed E-state index contributed by atoms with van der Waals surface area (Å²) in [7, 11) is 0. The lowest BCUT2D eigenvalue weighted by Gasteiger charge is -2.36. The lowest BCUT2D eigenvalue weighted by atomic mass is 10.3. The van der Waals surface area contributed by atoms with Gasteiger partial charge in [-0.15, -0.1) is 0 Å². The second-order valence-electron chi connectivity index (χ2n) is 3.97. The molecule has 0 aromatic carbocycles. The van der Waals surface area contributed by atoms with Gasteiger partial charge in [0.2, 0.25) is 6.35 Å². The minimum atomic E-state index is -0.919. The summed E-state index contributed by atoms with van der Waals surface area (Å²) in [5, 5.41) is 8.99. The first-order chi connectivity index (χ1) is 7.27. The SMILES string of the molecule is O=C(O)N1C2OC1N1C2=CC=CC2=C1C2. The zero-order valence-electron chi connectivity index (χ0n) is 7.75. The summed E-state index contributed by atoms with van der Waals surface area (Å²) in [6, 6.07) is 0. The molecule has 5 aliphatic rings. The molecule has 2 unspecified atom stereocenters. The predicted octanol–water partition coefficient (Wildman–Crippen LogP) is 1.03. The number of ether oxygens (including phenoxy) is 1. The van der Waals surface area contributed by atoms with E-state index < -0.39 is 18.7 Å². The van der Waals surface area contributed by atoms with E-state index in [1.165, 1.54) is 16.2 Å². The molecule has 3 fully saturated rings. The van der Waals surface area contributed by atoms with E-state index in [0.717, 1.165) is 12.1 Å². The highest BCUT2D eigenvalue weighted by Gasteiger charge is 2.60. The van der Waals surface area contributed by atoms with Crippen molar-refractivity contribution in [3.05, 3.63) is 35.2 Å². The van der Waals surface area contributed by atoms with Gasteiger partial charge in [0.05, 0.1) is 5.70 Å². The summed E-state index contributed by atoms with van der Waals surface area (Å²) in [4.78, 5) is 14.3. The van der Waals surface area contributed by atoms with Gasteiger partial charge in [-0.05, 0) is 11.6 Å². The smallest absolute Gasteiger partial charge is 0.413 e.